The highest BCUT2D eigenvalue weighted by Gasteiger charge is 2.08. The molecule has 17 heavy (non-hydrogen) atoms. The van der Waals surface area contributed by atoms with Crippen LogP contribution >= 0.6 is 0 Å². The molecule has 2 aromatic rings. The van der Waals surface area contributed by atoms with Crippen LogP contribution in [0.2, 0.25) is 0 Å². The molecule has 0 saturated heterocycles. The molecule has 6 nitrogen and oxygen atoms in total. The first kappa shape index (κ1) is 11.0. The summed E-state index contributed by atoms with van der Waals surface area (Å²) in [6.07, 6.45) is 5.11. The SMILES string of the molecule is NNC(=O)c1cc(/C=C/c2ccccn2)on1. The first-order chi connectivity index (χ1) is 8.29. The average Bonchev–Trinajstić information content (AvgIpc) is 2.85. The van der Waals surface area contributed by atoms with Crippen molar-refractivity contribution >= 4 is 18.1 Å². The molecule has 86 valence electrons. The highest BCUT2D eigenvalue weighted by Crippen LogP contribution is 2.08. The lowest BCUT2D eigenvalue weighted by atomic mass is 10.3. The first-order valence-corrected chi connectivity index (χ1v) is 4.86. The number of nitrogen functional groups attached to an aromatic ring is 1. The van der Waals surface area contributed by atoms with Gasteiger partial charge in [0.25, 0.3) is 5.91 Å². The number of nitrogens with two attached hydrogens (primary N) is 1. The van der Waals surface area contributed by atoms with Crippen molar-refractivity contribution in [1.82, 2.24) is 15.6 Å². The number of hydrogen-bond acceptors (Lipinski definition) is 5. The summed E-state index contributed by atoms with van der Waals surface area (Å²) in [5.74, 6) is 4.93. The summed E-state index contributed by atoms with van der Waals surface area (Å²) in [6.45, 7) is 0. The number of nitrogens with zero attached hydrogens (tertiary/aromatic N) is 2. The third-order valence-electron chi connectivity index (χ3n) is 2.00. The minimum Gasteiger partial charge on any atom is -0.356 e. The molecular formula is C11H10N4O2. The van der Waals surface area contributed by atoms with E-state index in [2.05, 4.69) is 10.1 Å². The number of aromatic nitrogens is 2. The summed E-state index contributed by atoms with van der Waals surface area (Å²) in [5.41, 5.74) is 2.89. The van der Waals surface area contributed by atoms with Crippen LogP contribution in [0.15, 0.2) is 35.0 Å². The van der Waals surface area contributed by atoms with Crippen LogP contribution in [0.4, 0.5) is 0 Å². The molecule has 1 amide bonds. The maximum absolute atomic E-state index is 11.1. The van der Waals surface area contributed by atoms with Crippen LogP contribution in [0.25, 0.3) is 12.2 Å². The molecule has 0 aliphatic rings. The van der Waals surface area contributed by atoms with Gasteiger partial charge in [-0.15, -0.1) is 0 Å². The summed E-state index contributed by atoms with van der Waals surface area (Å²) in [4.78, 5) is 15.2. The van der Waals surface area contributed by atoms with Gasteiger partial charge in [-0.1, -0.05) is 11.2 Å². The van der Waals surface area contributed by atoms with Crippen molar-refractivity contribution in [3.8, 4) is 0 Å². The number of carbonyl (C=O) groups is 1. The third kappa shape index (κ3) is 2.76. The van der Waals surface area contributed by atoms with Crippen LogP contribution in [-0.4, -0.2) is 16.0 Å². The van der Waals surface area contributed by atoms with Gasteiger partial charge in [-0.05, 0) is 24.3 Å². The smallest absolute Gasteiger partial charge is 0.287 e. The molecule has 0 saturated carbocycles. The number of rotatable bonds is 3. The lowest BCUT2D eigenvalue weighted by Crippen LogP contribution is -2.30. The number of amides is 1. The van der Waals surface area contributed by atoms with Gasteiger partial charge in [0.05, 0.1) is 5.69 Å². The fraction of sp³-hybridized carbons (Fsp3) is 0. The Morgan fingerprint density at radius 1 is 1.41 bits per heavy atom. The molecule has 0 spiro atoms. The van der Waals surface area contributed by atoms with Crippen LogP contribution in [0, 0.1) is 0 Å². The van der Waals surface area contributed by atoms with Crippen LogP contribution in [0.1, 0.15) is 21.9 Å². The lowest BCUT2D eigenvalue weighted by molar-refractivity contribution is 0.0944. The molecule has 3 N–H and O–H groups in total. The van der Waals surface area contributed by atoms with Gasteiger partial charge in [0.15, 0.2) is 11.5 Å². The minimum absolute atomic E-state index is 0.133. The summed E-state index contributed by atoms with van der Waals surface area (Å²) in [7, 11) is 0. The van der Waals surface area contributed by atoms with E-state index in [1.807, 2.05) is 23.6 Å². The van der Waals surface area contributed by atoms with E-state index in [-0.39, 0.29) is 5.69 Å². The van der Waals surface area contributed by atoms with E-state index in [1.165, 1.54) is 6.07 Å². The minimum atomic E-state index is -0.494. The molecule has 0 bridgehead atoms. The van der Waals surface area contributed by atoms with E-state index in [9.17, 15) is 4.79 Å². The van der Waals surface area contributed by atoms with Gasteiger partial charge in [-0.2, -0.15) is 0 Å². The van der Waals surface area contributed by atoms with Gasteiger partial charge in [-0.25, -0.2) is 5.84 Å². The number of carbonyl (C=O) groups excluding carboxylic acids is 1. The van der Waals surface area contributed by atoms with Crippen LogP contribution in [0.5, 0.6) is 0 Å². The van der Waals surface area contributed by atoms with Crippen molar-refractivity contribution in [2.75, 3.05) is 0 Å². The Morgan fingerprint density at radius 2 is 2.29 bits per heavy atom. The van der Waals surface area contributed by atoms with Crippen molar-refractivity contribution in [1.29, 1.82) is 0 Å². The van der Waals surface area contributed by atoms with Crippen molar-refractivity contribution in [2.24, 2.45) is 5.84 Å². The predicted octanol–water partition coefficient (Wildman–Crippen LogP) is 0.843. The quantitative estimate of drug-likeness (QED) is 0.463. The fourth-order valence-corrected chi connectivity index (χ4v) is 1.19. The van der Waals surface area contributed by atoms with Gasteiger partial charge in [0.2, 0.25) is 0 Å². The monoisotopic (exact) mass is 230 g/mol. The van der Waals surface area contributed by atoms with Gasteiger partial charge < -0.3 is 4.52 Å². The maximum atomic E-state index is 11.1. The largest absolute Gasteiger partial charge is 0.356 e. The zero-order chi connectivity index (χ0) is 12.1. The normalized spacial score (nSPS) is 10.6. The van der Waals surface area contributed by atoms with E-state index < -0.39 is 5.91 Å². The number of nitrogens with one attached hydrogen (secondary N) is 1. The molecule has 0 fully saturated rings. The molecule has 2 heterocycles. The fourth-order valence-electron chi connectivity index (χ4n) is 1.19. The molecule has 6 heteroatoms. The van der Waals surface area contributed by atoms with E-state index in [0.29, 0.717) is 5.76 Å². The first-order valence-electron chi connectivity index (χ1n) is 4.86. The highest BCUT2D eigenvalue weighted by atomic mass is 16.5. The molecule has 0 unspecified atom stereocenters. The second kappa shape index (κ2) is 5.04. The molecule has 0 aliphatic heterocycles. The Balaban J connectivity index is 2.12. The highest BCUT2D eigenvalue weighted by molar-refractivity contribution is 5.92. The van der Waals surface area contributed by atoms with E-state index in [1.54, 1.807) is 18.3 Å². The Hall–Kier alpha value is -2.47. The average molecular weight is 230 g/mol. The third-order valence-corrected chi connectivity index (χ3v) is 2.00. The molecule has 0 atom stereocenters. The lowest BCUT2D eigenvalue weighted by Gasteiger charge is -1.89. The second-order valence-electron chi connectivity index (χ2n) is 3.18. The van der Waals surface area contributed by atoms with Crippen molar-refractivity contribution in [3.05, 3.63) is 47.6 Å². The Labute approximate surface area is 97.1 Å². The molecule has 0 aliphatic carbocycles. The number of hydrogen-bond donors (Lipinski definition) is 2. The topological polar surface area (TPSA) is 94.0 Å². The second-order valence-corrected chi connectivity index (χ2v) is 3.18. The zero-order valence-corrected chi connectivity index (χ0v) is 8.83. The van der Waals surface area contributed by atoms with Crippen molar-refractivity contribution in [3.63, 3.8) is 0 Å². The van der Waals surface area contributed by atoms with Gasteiger partial charge >= 0.3 is 0 Å². The summed E-state index contributed by atoms with van der Waals surface area (Å²) >= 11 is 0. The summed E-state index contributed by atoms with van der Waals surface area (Å²) in [6, 6.07) is 7.04. The Bertz CT molecular complexity index is 533. The Morgan fingerprint density at radius 3 is 3.00 bits per heavy atom. The van der Waals surface area contributed by atoms with Crippen LogP contribution in [-0.2, 0) is 0 Å². The van der Waals surface area contributed by atoms with Crippen LogP contribution < -0.4 is 11.3 Å². The summed E-state index contributed by atoms with van der Waals surface area (Å²) < 4.78 is 4.93. The number of hydrazine groups is 1. The summed E-state index contributed by atoms with van der Waals surface area (Å²) in [5, 5.41) is 3.56. The van der Waals surface area contributed by atoms with E-state index >= 15 is 0 Å². The van der Waals surface area contributed by atoms with Crippen LogP contribution in [0.3, 0.4) is 0 Å². The van der Waals surface area contributed by atoms with E-state index in [4.69, 9.17) is 10.4 Å². The zero-order valence-electron chi connectivity index (χ0n) is 8.83. The molecule has 2 aromatic heterocycles. The van der Waals surface area contributed by atoms with Gasteiger partial charge in [-0.3, -0.25) is 15.2 Å². The predicted molar refractivity (Wildman–Crippen MR) is 61.3 cm³/mol. The van der Waals surface area contributed by atoms with Gasteiger partial charge in [0.1, 0.15) is 0 Å². The van der Waals surface area contributed by atoms with Gasteiger partial charge in [0, 0.05) is 12.3 Å². The molecule has 0 radical (unpaired) electrons. The maximum Gasteiger partial charge on any atom is 0.287 e. The molecule has 0 aromatic carbocycles. The molecule has 2 rings (SSSR count). The Kier molecular flexibility index (Phi) is 3.27. The number of pyridine rings is 1. The van der Waals surface area contributed by atoms with E-state index in [0.717, 1.165) is 5.69 Å². The van der Waals surface area contributed by atoms with Crippen molar-refractivity contribution in [2.45, 2.75) is 0 Å². The standard InChI is InChI=1S/C11H10N4O2/c12-14-11(16)10-7-9(17-15-10)5-4-8-3-1-2-6-13-8/h1-7H,12H2,(H,14,16)/b5-4+. The van der Waals surface area contributed by atoms with Crippen molar-refractivity contribution < 1.29 is 9.32 Å². The molecular weight excluding hydrogens is 220 g/mol.